The molecule has 144 valence electrons. The van der Waals surface area contributed by atoms with Gasteiger partial charge in [0, 0.05) is 28.8 Å². The van der Waals surface area contributed by atoms with Gasteiger partial charge in [-0.1, -0.05) is 15.9 Å². The second-order valence-corrected chi connectivity index (χ2v) is 7.97. The van der Waals surface area contributed by atoms with Crippen molar-refractivity contribution in [3.8, 4) is 11.6 Å². The molecule has 0 fully saturated rings. The lowest BCUT2D eigenvalue weighted by atomic mass is 10.1. The van der Waals surface area contributed by atoms with Crippen LogP contribution in [0.3, 0.4) is 0 Å². The van der Waals surface area contributed by atoms with Crippen LogP contribution in [0.1, 0.15) is 38.1 Å². The van der Waals surface area contributed by atoms with Crippen molar-refractivity contribution in [2.45, 2.75) is 33.2 Å². The van der Waals surface area contributed by atoms with E-state index in [-0.39, 0.29) is 23.9 Å². The highest BCUT2D eigenvalue weighted by molar-refractivity contribution is 9.10. The monoisotopic (exact) mass is 433 g/mol. The van der Waals surface area contributed by atoms with E-state index in [0.29, 0.717) is 23.7 Å². The lowest BCUT2D eigenvalue weighted by Crippen LogP contribution is -2.47. The summed E-state index contributed by atoms with van der Waals surface area (Å²) in [7, 11) is 0. The molecular formula is C20H24BrN3O3. The second kappa shape index (κ2) is 8.99. The number of pyridine rings is 1. The van der Waals surface area contributed by atoms with Crippen LogP contribution in [0.15, 0.2) is 47.1 Å². The normalized spacial score (nSPS) is 11.0. The zero-order chi connectivity index (χ0) is 20.0. The highest BCUT2D eigenvalue weighted by Crippen LogP contribution is 2.22. The van der Waals surface area contributed by atoms with Gasteiger partial charge >= 0.3 is 0 Å². The lowest BCUT2D eigenvalue weighted by Gasteiger charge is -2.25. The van der Waals surface area contributed by atoms with Crippen LogP contribution in [-0.2, 0) is 4.79 Å². The third-order valence-electron chi connectivity index (χ3n) is 3.54. The van der Waals surface area contributed by atoms with Gasteiger partial charge in [0.05, 0.1) is 12.1 Å². The molecule has 0 unspecified atom stereocenters. The van der Waals surface area contributed by atoms with Crippen LogP contribution in [0.5, 0.6) is 11.6 Å². The van der Waals surface area contributed by atoms with Gasteiger partial charge < -0.3 is 15.0 Å². The summed E-state index contributed by atoms with van der Waals surface area (Å²) < 4.78 is 6.61. The molecule has 0 spiro atoms. The number of rotatable bonds is 6. The fraction of sp³-hybridized carbons (Fsp3) is 0.350. The quantitative estimate of drug-likeness (QED) is 0.746. The van der Waals surface area contributed by atoms with Crippen LogP contribution in [0.2, 0.25) is 0 Å². The minimum absolute atomic E-state index is 0.00372. The third-order valence-corrected chi connectivity index (χ3v) is 4.07. The number of amides is 2. The Balaban J connectivity index is 2.02. The Bertz CT molecular complexity index is 784. The molecular weight excluding hydrogens is 410 g/mol. The van der Waals surface area contributed by atoms with Crippen LogP contribution in [0.4, 0.5) is 0 Å². The molecule has 1 heterocycles. The number of nitrogens with one attached hydrogen (secondary N) is 1. The molecule has 2 amide bonds. The van der Waals surface area contributed by atoms with Gasteiger partial charge in [-0.2, -0.15) is 0 Å². The van der Waals surface area contributed by atoms with E-state index in [0.717, 1.165) is 4.47 Å². The van der Waals surface area contributed by atoms with Gasteiger partial charge in [0.15, 0.2) is 0 Å². The Morgan fingerprint density at radius 3 is 2.33 bits per heavy atom. The molecule has 0 bridgehead atoms. The molecule has 27 heavy (non-hydrogen) atoms. The molecule has 2 rings (SSSR count). The maximum Gasteiger partial charge on any atom is 0.255 e. The number of aromatic nitrogens is 1. The van der Waals surface area contributed by atoms with Gasteiger partial charge in [0.25, 0.3) is 5.91 Å². The van der Waals surface area contributed by atoms with Crippen molar-refractivity contribution >= 4 is 27.7 Å². The number of carbonyl (C=O) groups excluding carboxylic acids is 2. The Morgan fingerprint density at radius 1 is 1.15 bits per heavy atom. The number of nitrogens with zero attached hydrogens (tertiary/aromatic N) is 2. The molecule has 2 aromatic rings. The molecule has 0 aliphatic rings. The number of hydrogen-bond donors (Lipinski definition) is 1. The Hall–Kier alpha value is -2.41. The van der Waals surface area contributed by atoms with E-state index in [9.17, 15) is 9.59 Å². The fourth-order valence-electron chi connectivity index (χ4n) is 2.33. The molecule has 0 aliphatic heterocycles. The molecule has 0 radical (unpaired) electrons. The maximum atomic E-state index is 12.6. The molecule has 1 N–H and O–H groups in total. The first-order chi connectivity index (χ1) is 12.7. The zero-order valence-corrected chi connectivity index (χ0v) is 17.5. The minimum atomic E-state index is -0.340. The number of halogens is 1. The number of carbonyl (C=O) groups is 2. The van der Waals surface area contributed by atoms with Gasteiger partial charge in [-0.05, 0) is 58.0 Å². The zero-order valence-electron chi connectivity index (χ0n) is 16.0. The van der Waals surface area contributed by atoms with Crippen LogP contribution in [0, 0.1) is 0 Å². The molecule has 1 aromatic carbocycles. The summed E-state index contributed by atoms with van der Waals surface area (Å²) in [6.07, 6.45) is 1.46. The summed E-state index contributed by atoms with van der Waals surface area (Å²) in [6, 6.07) is 10.7. The summed E-state index contributed by atoms with van der Waals surface area (Å²) in [5.41, 5.74) is 0.0659. The van der Waals surface area contributed by atoms with Gasteiger partial charge in [0.1, 0.15) is 5.75 Å². The topological polar surface area (TPSA) is 71.5 Å². The third kappa shape index (κ3) is 6.67. The summed E-state index contributed by atoms with van der Waals surface area (Å²) in [5.74, 6) is 0.603. The number of benzene rings is 1. The van der Waals surface area contributed by atoms with Crippen molar-refractivity contribution in [2.24, 2.45) is 0 Å². The largest absolute Gasteiger partial charge is 0.439 e. The SMILES string of the molecule is CCN(CC(=O)NC(C)(C)C)C(=O)c1ccc(Oc2ccc(Br)cc2)nc1. The molecule has 0 atom stereocenters. The van der Waals surface area contributed by atoms with Crippen molar-refractivity contribution in [1.29, 1.82) is 0 Å². The number of ether oxygens (including phenoxy) is 1. The Labute approximate surface area is 168 Å². The van der Waals surface area contributed by atoms with E-state index in [2.05, 4.69) is 26.2 Å². The van der Waals surface area contributed by atoms with Crippen molar-refractivity contribution < 1.29 is 14.3 Å². The van der Waals surface area contributed by atoms with Crippen LogP contribution >= 0.6 is 15.9 Å². The second-order valence-electron chi connectivity index (χ2n) is 7.06. The van der Waals surface area contributed by atoms with E-state index >= 15 is 0 Å². The van der Waals surface area contributed by atoms with Crippen LogP contribution in [0.25, 0.3) is 0 Å². The van der Waals surface area contributed by atoms with E-state index in [1.54, 1.807) is 12.1 Å². The molecule has 0 saturated heterocycles. The average Bonchev–Trinajstić information content (AvgIpc) is 2.60. The predicted molar refractivity (Wildman–Crippen MR) is 108 cm³/mol. The summed E-state index contributed by atoms with van der Waals surface area (Å²) in [5, 5.41) is 2.86. The van der Waals surface area contributed by atoms with Crippen LogP contribution in [-0.4, -0.2) is 40.3 Å². The molecule has 0 aliphatic carbocycles. The highest BCUT2D eigenvalue weighted by Gasteiger charge is 2.20. The van der Waals surface area contributed by atoms with Crippen molar-refractivity contribution in [2.75, 3.05) is 13.1 Å². The van der Waals surface area contributed by atoms with Crippen molar-refractivity contribution in [1.82, 2.24) is 15.2 Å². The van der Waals surface area contributed by atoms with Gasteiger partial charge in [-0.15, -0.1) is 0 Å². The first-order valence-electron chi connectivity index (χ1n) is 8.67. The maximum absolute atomic E-state index is 12.6. The molecule has 1 aromatic heterocycles. The van der Waals surface area contributed by atoms with E-state index < -0.39 is 0 Å². The minimum Gasteiger partial charge on any atom is -0.439 e. The summed E-state index contributed by atoms with van der Waals surface area (Å²) >= 11 is 3.37. The van der Waals surface area contributed by atoms with E-state index in [4.69, 9.17) is 4.74 Å². The Morgan fingerprint density at radius 2 is 1.81 bits per heavy atom. The van der Waals surface area contributed by atoms with Crippen molar-refractivity contribution in [3.63, 3.8) is 0 Å². The molecule has 6 nitrogen and oxygen atoms in total. The first kappa shape index (κ1) is 20.9. The summed E-state index contributed by atoms with van der Waals surface area (Å²) in [6.45, 7) is 7.96. The lowest BCUT2D eigenvalue weighted by molar-refractivity contribution is -0.123. The van der Waals surface area contributed by atoms with E-state index in [1.165, 1.54) is 11.1 Å². The number of hydrogen-bond acceptors (Lipinski definition) is 4. The standard InChI is InChI=1S/C20H24BrN3O3/c1-5-24(13-17(25)23-20(2,3)4)19(26)14-6-11-18(22-12-14)27-16-9-7-15(21)8-10-16/h6-12H,5,13H2,1-4H3,(H,23,25). The first-order valence-corrected chi connectivity index (χ1v) is 9.47. The highest BCUT2D eigenvalue weighted by atomic mass is 79.9. The molecule has 0 saturated carbocycles. The average molecular weight is 434 g/mol. The smallest absolute Gasteiger partial charge is 0.255 e. The van der Waals surface area contributed by atoms with Gasteiger partial charge in [0.2, 0.25) is 11.8 Å². The van der Waals surface area contributed by atoms with Gasteiger partial charge in [-0.3, -0.25) is 9.59 Å². The predicted octanol–water partition coefficient (Wildman–Crippen LogP) is 4.01. The summed E-state index contributed by atoms with van der Waals surface area (Å²) in [4.78, 5) is 30.4. The number of likely N-dealkylation sites (N-methyl/N-ethyl adjacent to an activating group) is 1. The van der Waals surface area contributed by atoms with Crippen LogP contribution < -0.4 is 10.1 Å². The van der Waals surface area contributed by atoms with Crippen molar-refractivity contribution in [3.05, 3.63) is 52.6 Å². The molecule has 7 heteroatoms. The fourth-order valence-corrected chi connectivity index (χ4v) is 2.60. The van der Waals surface area contributed by atoms with E-state index in [1.807, 2.05) is 52.0 Å². The van der Waals surface area contributed by atoms with Gasteiger partial charge in [-0.25, -0.2) is 4.98 Å². The Kier molecular flexibility index (Phi) is 6.96.